The molecule has 1 saturated heterocycles. The Kier molecular flexibility index (Phi) is 5.00. The summed E-state index contributed by atoms with van der Waals surface area (Å²) in [5.74, 6) is 1.25. The van der Waals surface area contributed by atoms with Crippen molar-refractivity contribution in [1.29, 1.82) is 0 Å². The van der Waals surface area contributed by atoms with Crippen LogP contribution in [0.25, 0.3) is 0 Å². The predicted octanol–water partition coefficient (Wildman–Crippen LogP) is 3.51. The van der Waals surface area contributed by atoms with Crippen LogP contribution >= 0.6 is 0 Å². The summed E-state index contributed by atoms with van der Waals surface area (Å²) in [7, 11) is 0. The Morgan fingerprint density at radius 1 is 1.21 bits per heavy atom. The normalized spacial score (nSPS) is 16.9. The number of nitrogens with zero attached hydrogens (tertiary/aromatic N) is 1. The molecule has 0 aliphatic carbocycles. The van der Waals surface area contributed by atoms with Gasteiger partial charge in [-0.05, 0) is 37.2 Å². The SMILES string of the molecule is CC(C)C(=O)N1CCC(CCc2ccccc2)CC1. The van der Waals surface area contributed by atoms with Gasteiger partial charge in [0.05, 0.1) is 0 Å². The van der Waals surface area contributed by atoms with E-state index >= 15 is 0 Å². The van der Waals surface area contributed by atoms with Crippen molar-refractivity contribution in [3.05, 3.63) is 35.9 Å². The third-order valence-corrected chi connectivity index (χ3v) is 4.10. The Labute approximate surface area is 116 Å². The average molecular weight is 259 g/mol. The topological polar surface area (TPSA) is 20.3 Å². The van der Waals surface area contributed by atoms with Gasteiger partial charge in [-0.15, -0.1) is 0 Å². The van der Waals surface area contributed by atoms with E-state index in [0.717, 1.165) is 19.0 Å². The molecule has 1 fully saturated rings. The summed E-state index contributed by atoms with van der Waals surface area (Å²) < 4.78 is 0. The molecule has 19 heavy (non-hydrogen) atoms. The van der Waals surface area contributed by atoms with Crippen molar-refractivity contribution in [3.63, 3.8) is 0 Å². The second-order valence-electron chi connectivity index (χ2n) is 5.95. The monoisotopic (exact) mass is 259 g/mol. The minimum Gasteiger partial charge on any atom is -0.342 e. The fourth-order valence-corrected chi connectivity index (χ4v) is 2.82. The van der Waals surface area contributed by atoms with Gasteiger partial charge in [0, 0.05) is 19.0 Å². The maximum atomic E-state index is 11.9. The van der Waals surface area contributed by atoms with Gasteiger partial charge in [-0.3, -0.25) is 4.79 Å². The zero-order chi connectivity index (χ0) is 13.7. The Hall–Kier alpha value is -1.31. The van der Waals surface area contributed by atoms with E-state index in [1.54, 1.807) is 0 Å². The predicted molar refractivity (Wildman–Crippen MR) is 78.9 cm³/mol. The van der Waals surface area contributed by atoms with Crippen LogP contribution < -0.4 is 0 Å². The van der Waals surface area contributed by atoms with Crippen LogP contribution in [-0.2, 0) is 11.2 Å². The first kappa shape index (κ1) is 14.1. The number of benzene rings is 1. The number of hydrogen-bond acceptors (Lipinski definition) is 1. The molecule has 1 aromatic carbocycles. The summed E-state index contributed by atoms with van der Waals surface area (Å²) in [5, 5.41) is 0. The highest BCUT2D eigenvalue weighted by Gasteiger charge is 2.23. The molecule has 1 aliphatic heterocycles. The number of amides is 1. The van der Waals surface area contributed by atoms with Crippen molar-refractivity contribution < 1.29 is 4.79 Å². The molecule has 0 spiro atoms. The molecule has 0 aromatic heterocycles. The lowest BCUT2D eigenvalue weighted by Crippen LogP contribution is -2.40. The molecule has 2 rings (SSSR count). The quantitative estimate of drug-likeness (QED) is 0.810. The van der Waals surface area contributed by atoms with Crippen molar-refractivity contribution in [2.45, 2.75) is 39.5 Å². The largest absolute Gasteiger partial charge is 0.342 e. The first-order chi connectivity index (χ1) is 9.16. The highest BCUT2D eigenvalue weighted by Crippen LogP contribution is 2.23. The molecule has 1 amide bonds. The molecule has 1 heterocycles. The number of hydrogen-bond donors (Lipinski definition) is 0. The minimum absolute atomic E-state index is 0.140. The maximum absolute atomic E-state index is 11.9. The molecule has 0 bridgehead atoms. The van der Waals surface area contributed by atoms with Gasteiger partial charge < -0.3 is 4.90 Å². The summed E-state index contributed by atoms with van der Waals surface area (Å²) in [6.45, 7) is 5.89. The summed E-state index contributed by atoms with van der Waals surface area (Å²) >= 11 is 0. The minimum atomic E-state index is 0.140. The Bertz CT molecular complexity index is 391. The molecule has 104 valence electrons. The first-order valence-corrected chi connectivity index (χ1v) is 7.49. The summed E-state index contributed by atoms with van der Waals surface area (Å²) in [5.41, 5.74) is 1.43. The molecule has 0 unspecified atom stereocenters. The van der Waals surface area contributed by atoms with Crippen LogP contribution in [0.1, 0.15) is 38.7 Å². The zero-order valence-electron chi connectivity index (χ0n) is 12.1. The van der Waals surface area contributed by atoms with Crippen molar-refractivity contribution in [1.82, 2.24) is 4.90 Å². The third-order valence-electron chi connectivity index (χ3n) is 4.10. The first-order valence-electron chi connectivity index (χ1n) is 7.49. The lowest BCUT2D eigenvalue weighted by molar-refractivity contribution is -0.135. The van der Waals surface area contributed by atoms with Gasteiger partial charge in [-0.2, -0.15) is 0 Å². The van der Waals surface area contributed by atoms with E-state index in [2.05, 4.69) is 30.3 Å². The molecule has 2 heteroatoms. The van der Waals surface area contributed by atoms with Crippen molar-refractivity contribution in [2.75, 3.05) is 13.1 Å². The fourth-order valence-electron chi connectivity index (χ4n) is 2.82. The van der Waals surface area contributed by atoms with Gasteiger partial charge in [0.15, 0.2) is 0 Å². The number of rotatable bonds is 4. The summed E-state index contributed by atoms with van der Waals surface area (Å²) in [6.07, 6.45) is 4.77. The van der Waals surface area contributed by atoms with E-state index in [1.165, 1.54) is 31.2 Å². The van der Waals surface area contributed by atoms with E-state index in [1.807, 2.05) is 18.7 Å². The second kappa shape index (κ2) is 6.74. The van der Waals surface area contributed by atoms with Gasteiger partial charge in [0.1, 0.15) is 0 Å². The molecule has 1 aliphatic rings. The average Bonchev–Trinajstić information content (AvgIpc) is 2.46. The Morgan fingerprint density at radius 3 is 2.42 bits per heavy atom. The number of aryl methyl sites for hydroxylation is 1. The molecule has 0 radical (unpaired) electrons. The van der Waals surface area contributed by atoms with E-state index < -0.39 is 0 Å². The van der Waals surface area contributed by atoms with Crippen LogP contribution in [-0.4, -0.2) is 23.9 Å². The van der Waals surface area contributed by atoms with E-state index in [9.17, 15) is 4.79 Å². The fraction of sp³-hybridized carbons (Fsp3) is 0.588. The molecular weight excluding hydrogens is 234 g/mol. The maximum Gasteiger partial charge on any atom is 0.225 e. The number of carbonyl (C=O) groups is 1. The van der Waals surface area contributed by atoms with Gasteiger partial charge in [0.25, 0.3) is 0 Å². The van der Waals surface area contributed by atoms with Crippen molar-refractivity contribution in [3.8, 4) is 0 Å². The van der Waals surface area contributed by atoms with Crippen LogP contribution in [0.5, 0.6) is 0 Å². The smallest absolute Gasteiger partial charge is 0.225 e. The molecular formula is C17H25NO. The third kappa shape index (κ3) is 4.09. The highest BCUT2D eigenvalue weighted by molar-refractivity contribution is 5.78. The van der Waals surface area contributed by atoms with Gasteiger partial charge in [-0.25, -0.2) is 0 Å². The Balaban J connectivity index is 1.73. The standard InChI is InChI=1S/C17H25NO/c1-14(2)17(19)18-12-10-16(11-13-18)9-8-15-6-4-3-5-7-15/h3-7,14,16H,8-13H2,1-2H3. The van der Waals surface area contributed by atoms with Gasteiger partial charge in [0.2, 0.25) is 5.91 Å². The van der Waals surface area contributed by atoms with Crippen molar-refractivity contribution >= 4 is 5.91 Å². The van der Waals surface area contributed by atoms with Crippen molar-refractivity contribution in [2.24, 2.45) is 11.8 Å². The molecule has 2 nitrogen and oxygen atoms in total. The Morgan fingerprint density at radius 2 is 1.84 bits per heavy atom. The number of likely N-dealkylation sites (tertiary alicyclic amines) is 1. The van der Waals surface area contributed by atoms with Crippen LogP contribution in [0.2, 0.25) is 0 Å². The van der Waals surface area contributed by atoms with Crippen LogP contribution in [0.15, 0.2) is 30.3 Å². The summed E-state index contributed by atoms with van der Waals surface area (Å²) in [4.78, 5) is 14.0. The highest BCUT2D eigenvalue weighted by atomic mass is 16.2. The molecule has 1 aromatic rings. The van der Waals surface area contributed by atoms with Crippen LogP contribution in [0.3, 0.4) is 0 Å². The van der Waals surface area contributed by atoms with E-state index in [-0.39, 0.29) is 5.92 Å². The van der Waals surface area contributed by atoms with Crippen LogP contribution in [0.4, 0.5) is 0 Å². The lowest BCUT2D eigenvalue weighted by atomic mass is 9.90. The zero-order valence-corrected chi connectivity index (χ0v) is 12.1. The number of piperidine rings is 1. The number of carbonyl (C=O) groups excluding carboxylic acids is 1. The van der Waals surface area contributed by atoms with Gasteiger partial charge >= 0.3 is 0 Å². The molecule has 0 atom stereocenters. The molecule has 0 saturated carbocycles. The van der Waals surface area contributed by atoms with E-state index in [0.29, 0.717) is 5.91 Å². The van der Waals surface area contributed by atoms with Crippen LogP contribution in [0, 0.1) is 11.8 Å². The molecule has 0 N–H and O–H groups in total. The van der Waals surface area contributed by atoms with Gasteiger partial charge in [-0.1, -0.05) is 44.2 Å². The summed E-state index contributed by atoms with van der Waals surface area (Å²) in [6, 6.07) is 10.7. The lowest BCUT2D eigenvalue weighted by Gasteiger charge is -2.33. The van der Waals surface area contributed by atoms with E-state index in [4.69, 9.17) is 0 Å². The second-order valence-corrected chi connectivity index (χ2v) is 5.95.